The van der Waals surface area contributed by atoms with Gasteiger partial charge in [-0.2, -0.15) is 0 Å². The SMILES string of the molecule is NC(=O)C[C@@H](NC(=O)Nc1c(Cl)cc(F)cc1Cl)C(=O)O. The van der Waals surface area contributed by atoms with Gasteiger partial charge in [0.1, 0.15) is 11.9 Å². The molecule has 0 saturated heterocycles. The minimum atomic E-state index is -1.51. The van der Waals surface area contributed by atoms with E-state index in [0.717, 1.165) is 12.1 Å². The third-order valence-corrected chi connectivity index (χ3v) is 2.85. The smallest absolute Gasteiger partial charge is 0.326 e. The summed E-state index contributed by atoms with van der Waals surface area (Å²) in [6.07, 6.45) is -0.590. The first kappa shape index (κ1) is 17.0. The van der Waals surface area contributed by atoms with Crippen LogP contribution in [-0.4, -0.2) is 29.1 Å². The zero-order chi connectivity index (χ0) is 16.2. The number of hydrogen-bond donors (Lipinski definition) is 4. The van der Waals surface area contributed by atoms with Crippen molar-refractivity contribution in [3.8, 4) is 0 Å². The summed E-state index contributed by atoms with van der Waals surface area (Å²) < 4.78 is 13.0. The summed E-state index contributed by atoms with van der Waals surface area (Å²) in [5, 5.41) is 12.7. The van der Waals surface area contributed by atoms with Crippen molar-refractivity contribution in [2.75, 3.05) is 5.32 Å². The van der Waals surface area contributed by atoms with Gasteiger partial charge in [-0.05, 0) is 12.1 Å². The number of amides is 3. The molecule has 10 heteroatoms. The molecule has 1 rings (SSSR count). The van der Waals surface area contributed by atoms with Crippen molar-refractivity contribution in [3.05, 3.63) is 28.0 Å². The van der Waals surface area contributed by atoms with Gasteiger partial charge in [0.05, 0.1) is 22.2 Å². The number of benzene rings is 1. The molecule has 0 aliphatic rings. The number of aliphatic carboxylic acids is 1. The van der Waals surface area contributed by atoms with E-state index in [2.05, 4.69) is 5.32 Å². The zero-order valence-corrected chi connectivity index (χ0v) is 11.8. The lowest BCUT2D eigenvalue weighted by atomic mass is 10.2. The molecular weight excluding hydrogens is 328 g/mol. The van der Waals surface area contributed by atoms with E-state index in [9.17, 15) is 18.8 Å². The van der Waals surface area contributed by atoms with Crippen LogP contribution in [0.4, 0.5) is 14.9 Å². The second-order valence-electron chi connectivity index (χ2n) is 3.90. The molecule has 0 radical (unpaired) electrons. The quantitative estimate of drug-likeness (QED) is 0.651. The number of carboxylic acid groups (broad SMARTS) is 1. The van der Waals surface area contributed by atoms with Crippen molar-refractivity contribution < 1.29 is 23.9 Å². The highest BCUT2D eigenvalue weighted by molar-refractivity contribution is 6.39. The summed E-state index contributed by atoms with van der Waals surface area (Å²) in [5.41, 5.74) is 4.77. The number of carbonyl (C=O) groups excluding carboxylic acids is 2. The van der Waals surface area contributed by atoms with Gasteiger partial charge in [-0.15, -0.1) is 0 Å². The first-order valence-corrected chi connectivity index (χ1v) is 6.19. The van der Waals surface area contributed by atoms with Crippen molar-refractivity contribution in [2.24, 2.45) is 5.73 Å². The molecule has 0 spiro atoms. The highest BCUT2D eigenvalue weighted by Crippen LogP contribution is 2.31. The molecule has 114 valence electrons. The molecule has 7 nitrogen and oxygen atoms in total. The first-order chi connectivity index (χ1) is 9.70. The van der Waals surface area contributed by atoms with Gasteiger partial charge in [0.25, 0.3) is 0 Å². The maximum absolute atomic E-state index is 13.0. The van der Waals surface area contributed by atoms with Crippen molar-refractivity contribution in [1.29, 1.82) is 0 Å². The summed E-state index contributed by atoms with van der Waals surface area (Å²) in [5.74, 6) is -3.05. The van der Waals surface area contributed by atoms with E-state index >= 15 is 0 Å². The van der Waals surface area contributed by atoms with Crippen LogP contribution in [0.15, 0.2) is 12.1 Å². The lowest BCUT2D eigenvalue weighted by Crippen LogP contribution is -2.45. The second-order valence-corrected chi connectivity index (χ2v) is 4.72. The molecule has 0 fully saturated rings. The number of nitrogens with two attached hydrogens (primary N) is 1. The Bertz CT molecular complexity index is 574. The molecule has 0 unspecified atom stereocenters. The summed E-state index contributed by atoms with van der Waals surface area (Å²) >= 11 is 11.4. The van der Waals surface area contributed by atoms with Gasteiger partial charge in [-0.25, -0.2) is 14.0 Å². The molecule has 0 heterocycles. The summed E-state index contributed by atoms with van der Waals surface area (Å²) in [4.78, 5) is 33.2. The maximum Gasteiger partial charge on any atom is 0.326 e. The Kier molecular flexibility index (Phi) is 5.74. The molecule has 1 aromatic rings. The molecule has 5 N–H and O–H groups in total. The van der Waals surface area contributed by atoms with Crippen LogP contribution in [0.5, 0.6) is 0 Å². The number of urea groups is 1. The van der Waals surface area contributed by atoms with E-state index in [1.54, 1.807) is 0 Å². The van der Waals surface area contributed by atoms with Gasteiger partial charge in [-0.3, -0.25) is 4.79 Å². The molecule has 21 heavy (non-hydrogen) atoms. The van der Waals surface area contributed by atoms with Crippen molar-refractivity contribution >= 4 is 46.8 Å². The topological polar surface area (TPSA) is 122 Å². The number of halogens is 3. The van der Waals surface area contributed by atoms with E-state index < -0.39 is 36.2 Å². The number of rotatable bonds is 5. The average Bonchev–Trinajstić information content (AvgIpc) is 2.32. The van der Waals surface area contributed by atoms with Crippen LogP contribution < -0.4 is 16.4 Å². The van der Waals surface area contributed by atoms with Crippen molar-refractivity contribution in [1.82, 2.24) is 5.32 Å². The van der Waals surface area contributed by atoms with Gasteiger partial charge < -0.3 is 21.5 Å². The summed E-state index contributed by atoms with van der Waals surface area (Å²) in [6, 6.07) is -0.665. The zero-order valence-electron chi connectivity index (χ0n) is 10.3. The second kappa shape index (κ2) is 7.09. The van der Waals surface area contributed by atoms with Crippen LogP contribution in [0, 0.1) is 5.82 Å². The fourth-order valence-electron chi connectivity index (χ4n) is 1.37. The highest BCUT2D eigenvalue weighted by Gasteiger charge is 2.23. The van der Waals surface area contributed by atoms with Gasteiger partial charge in [0.2, 0.25) is 5.91 Å². The largest absolute Gasteiger partial charge is 0.480 e. The Hall–Kier alpha value is -2.06. The minimum Gasteiger partial charge on any atom is -0.480 e. The van der Waals surface area contributed by atoms with Crippen LogP contribution in [0.3, 0.4) is 0 Å². The fraction of sp³-hybridized carbons (Fsp3) is 0.182. The number of carboxylic acids is 1. The van der Waals surface area contributed by atoms with Crippen LogP contribution >= 0.6 is 23.2 Å². The van der Waals surface area contributed by atoms with Crippen LogP contribution in [0.2, 0.25) is 10.0 Å². The minimum absolute atomic E-state index is 0.0968. The molecule has 3 amide bonds. The average molecular weight is 338 g/mol. The number of nitrogens with one attached hydrogen (secondary N) is 2. The van der Waals surface area contributed by atoms with Crippen molar-refractivity contribution in [3.63, 3.8) is 0 Å². The molecule has 1 atom stereocenters. The molecule has 0 aromatic heterocycles. The third-order valence-electron chi connectivity index (χ3n) is 2.25. The predicted octanol–water partition coefficient (Wildman–Crippen LogP) is 1.58. The number of primary amides is 1. The normalized spacial score (nSPS) is 11.6. The lowest BCUT2D eigenvalue weighted by molar-refractivity contribution is -0.140. The van der Waals surface area contributed by atoms with E-state index in [0.29, 0.717) is 0 Å². The molecule has 0 aliphatic carbocycles. The Morgan fingerprint density at radius 3 is 2.24 bits per heavy atom. The summed E-state index contributed by atoms with van der Waals surface area (Å²) in [6.45, 7) is 0. The van der Waals surface area contributed by atoms with Crippen molar-refractivity contribution in [2.45, 2.75) is 12.5 Å². The molecule has 0 aliphatic heterocycles. The molecular formula is C11H10Cl2FN3O4. The molecule has 1 aromatic carbocycles. The van der Waals surface area contributed by atoms with Gasteiger partial charge >= 0.3 is 12.0 Å². The fourth-order valence-corrected chi connectivity index (χ4v) is 1.93. The van der Waals surface area contributed by atoms with E-state index in [1.165, 1.54) is 0 Å². The van der Waals surface area contributed by atoms with E-state index in [1.807, 2.05) is 5.32 Å². The standard InChI is InChI=1S/C11H10Cl2FN3O4/c12-5-1-4(14)2-6(13)9(5)17-11(21)16-7(10(19)20)3-8(15)18/h1-2,7H,3H2,(H2,15,18)(H,19,20)(H2,16,17,21)/t7-/m1/s1. The molecule has 0 saturated carbocycles. The Labute approximate surface area is 128 Å². The number of hydrogen-bond acceptors (Lipinski definition) is 3. The lowest BCUT2D eigenvalue weighted by Gasteiger charge is -2.15. The predicted molar refractivity (Wildman–Crippen MR) is 73.8 cm³/mol. The summed E-state index contributed by atoms with van der Waals surface area (Å²) in [7, 11) is 0. The highest BCUT2D eigenvalue weighted by atomic mass is 35.5. The van der Waals surface area contributed by atoms with Crippen LogP contribution in [-0.2, 0) is 9.59 Å². The first-order valence-electron chi connectivity index (χ1n) is 5.44. The monoisotopic (exact) mass is 337 g/mol. The molecule has 0 bridgehead atoms. The van der Waals surface area contributed by atoms with Gasteiger partial charge in [0, 0.05) is 0 Å². The van der Waals surface area contributed by atoms with E-state index in [-0.39, 0.29) is 15.7 Å². The Balaban J connectivity index is 2.82. The van der Waals surface area contributed by atoms with E-state index in [4.69, 9.17) is 34.0 Å². The maximum atomic E-state index is 13.0. The van der Waals surface area contributed by atoms with Gasteiger partial charge in [0.15, 0.2) is 0 Å². The van der Waals surface area contributed by atoms with Gasteiger partial charge in [-0.1, -0.05) is 23.2 Å². The van der Waals surface area contributed by atoms with Crippen LogP contribution in [0.25, 0.3) is 0 Å². The Morgan fingerprint density at radius 2 is 1.81 bits per heavy atom. The third kappa shape index (κ3) is 5.09. The number of carbonyl (C=O) groups is 3. The number of anilines is 1. The van der Waals surface area contributed by atoms with Crippen LogP contribution in [0.1, 0.15) is 6.42 Å². The Morgan fingerprint density at radius 1 is 1.29 bits per heavy atom.